The van der Waals surface area contributed by atoms with Gasteiger partial charge in [-0.3, -0.25) is 9.59 Å². The van der Waals surface area contributed by atoms with Gasteiger partial charge >= 0.3 is 0 Å². The van der Waals surface area contributed by atoms with Crippen molar-refractivity contribution in [3.8, 4) is 0 Å². The number of aromatic nitrogens is 1. The van der Waals surface area contributed by atoms with Gasteiger partial charge in [0.05, 0.1) is 26.3 Å². The van der Waals surface area contributed by atoms with Gasteiger partial charge in [0, 0.05) is 52.9 Å². The van der Waals surface area contributed by atoms with E-state index in [0.717, 1.165) is 12.2 Å². The van der Waals surface area contributed by atoms with Gasteiger partial charge in [0.1, 0.15) is 6.61 Å². The highest BCUT2D eigenvalue weighted by molar-refractivity contribution is 5.85. The number of carbonyl (C=O) groups excluding carboxylic acids is 2. The number of hydrogen-bond donors (Lipinski definition) is 0. The number of methoxy groups -OCH3 is 3. The Kier molecular flexibility index (Phi) is 10.8. The first-order valence-electron chi connectivity index (χ1n) is 10.3. The van der Waals surface area contributed by atoms with Crippen LogP contribution < -0.4 is 0 Å². The minimum atomic E-state index is -0.243. The summed E-state index contributed by atoms with van der Waals surface area (Å²) in [7, 11) is 4.63. The molecule has 0 spiro atoms. The molecule has 0 saturated carbocycles. The van der Waals surface area contributed by atoms with Gasteiger partial charge in [-0.15, -0.1) is 0 Å². The fourth-order valence-corrected chi connectivity index (χ4v) is 3.19. The molecule has 170 valence electrons. The zero-order valence-corrected chi connectivity index (χ0v) is 18.7. The van der Waals surface area contributed by atoms with Crippen LogP contribution in [-0.4, -0.2) is 87.0 Å². The summed E-state index contributed by atoms with van der Waals surface area (Å²) >= 11 is 0. The molecule has 2 rings (SSSR count). The van der Waals surface area contributed by atoms with Crippen LogP contribution in [-0.2, 0) is 36.9 Å². The smallest absolute Gasteiger partial charge is 0.249 e. The zero-order valence-electron chi connectivity index (χ0n) is 18.7. The molecule has 1 aromatic heterocycles. The van der Waals surface area contributed by atoms with Crippen LogP contribution in [0.4, 0.5) is 0 Å². The van der Waals surface area contributed by atoms with E-state index in [9.17, 15) is 9.59 Å². The number of hydrogen-bond acceptors (Lipinski definition) is 5. The van der Waals surface area contributed by atoms with Crippen molar-refractivity contribution >= 4 is 11.8 Å². The molecular weight excluding hydrogens is 398 g/mol. The monoisotopic (exact) mass is 431 g/mol. The van der Waals surface area contributed by atoms with E-state index in [1.165, 1.54) is 17.6 Å². The van der Waals surface area contributed by atoms with Crippen molar-refractivity contribution in [1.82, 2.24) is 14.4 Å². The molecule has 0 N–H and O–H groups in total. The van der Waals surface area contributed by atoms with Crippen molar-refractivity contribution in [2.45, 2.75) is 13.1 Å². The summed E-state index contributed by atoms with van der Waals surface area (Å²) < 4.78 is 17.4. The normalized spacial score (nSPS) is 10.8. The van der Waals surface area contributed by atoms with Gasteiger partial charge in [-0.1, -0.05) is 30.3 Å². The van der Waals surface area contributed by atoms with Crippen molar-refractivity contribution in [3.05, 3.63) is 59.9 Å². The van der Waals surface area contributed by atoms with E-state index in [1.54, 1.807) is 19.1 Å². The van der Waals surface area contributed by atoms with Crippen molar-refractivity contribution in [3.63, 3.8) is 0 Å². The number of nitrogens with zero attached hydrogens (tertiary/aromatic N) is 3. The topological polar surface area (TPSA) is 73.2 Å². The lowest BCUT2D eigenvalue weighted by Gasteiger charge is -2.28. The van der Waals surface area contributed by atoms with Gasteiger partial charge in [-0.2, -0.15) is 0 Å². The Morgan fingerprint density at radius 3 is 2.16 bits per heavy atom. The molecule has 0 atom stereocenters. The lowest BCUT2D eigenvalue weighted by atomic mass is 10.2. The van der Waals surface area contributed by atoms with Crippen molar-refractivity contribution in [2.75, 3.05) is 60.8 Å². The number of rotatable bonds is 14. The van der Waals surface area contributed by atoms with E-state index < -0.39 is 0 Å². The van der Waals surface area contributed by atoms with Crippen LogP contribution >= 0.6 is 0 Å². The molecule has 0 radical (unpaired) electrons. The first-order chi connectivity index (χ1) is 15.1. The molecular formula is C23H33N3O5. The highest BCUT2D eigenvalue weighted by Gasteiger charge is 2.22. The van der Waals surface area contributed by atoms with E-state index >= 15 is 0 Å². The summed E-state index contributed by atoms with van der Waals surface area (Å²) in [6.07, 6.45) is 2.01. The summed E-state index contributed by atoms with van der Waals surface area (Å²) in [6, 6.07) is 14.2. The van der Waals surface area contributed by atoms with Gasteiger partial charge in [0.2, 0.25) is 11.8 Å². The Labute approximate surface area is 184 Å². The molecule has 2 aromatic rings. The highest BCUT2D eigenvalue weighted by Crippen LogP contribution is 2.11. The number of benzene rings is 1. The maximum atomic E-state index is 13.1. The van der Waals surface area contributed by atoms with E-state index in [0.29, 0.717) is 32.8 Å². The Bertz CT molecular complexity index is 794. The fourth-order valence-electron chi connectivity index (χ4n) is 3.19. The molecule has 2 amide bonds. The molecule has 0 aliphatic carbocycles. The van der Waals surface area contributed by atoms with Crippen molar-refractivity contribution in [1.29, 1.82) is 0 Å². The second-order valence-electron chi connectivity index (χ2n) is 7.16. The maximum Gasteiger partial charge on any atom is 0.249 e. The Hall–Kier alpha value is -2.68. The third kappa shape index (κ3) is 8.16. The van der Waals surface area contributed by atoms with E-state index in [2.05, 4.69) is 16.7 Å². The van der Waals surface area contributed by atoms with Gasteiger partial charge in [0.15, 0.2) is 0 Å². The SMILES string of the molecule is COCCN(CC(=O)N(CCOC)Cc1cccn1Cc1ccccc1)C(=O)COC. The second kappa shape index (κ2) is 13.6. The van der Waals surface area contributed by atoms with Gasteiger partial charge in [0.25, 0.3) is 0 Å². The third-order valence-corrected chi connectivity index (χ3v) is 4.90. The van der Waals surface area contributed by atoms with Gasteiger partial charge < -0.3 is 28.6 Å². The van der Waals surface area contributed by atoms with E-state index in [-0.39, 0.29) is 25.0 Å². The third-order valence-electron chi connectivity index (χ3n) is 4.90. The van der Waals surface area contributed by atoms with Gasteiger partial charge in [-0.25, -0.2) is 0 Å². The summed E-state index contributed by atoms with van der Waals surface area (Å²) in [5.41, 5.74) is 2.20. The van der Waals surface area contributed by atoms with Crippen LogP contribution in [0, 0.1) is 0 Å². The Morgan fingerprint density at radius 2 is 1.52 bits per heavy atom. The molecule has 8 nitrogen and oxygen atoms in total. The van der Waals surface area contributed by atoms with Crippen molar-refractivity contribution in [2.24, 2.45) is 0 Å². The number of carbonyl (C=O) groups is 2. The average molecular weight is 432 g/mol. The minimum Gasteiger partial charge on any atom is -0.383 e. The van der Waals surface area contributed by atoms with E-state index in [1.807, 2.05) is 36.5 Å². The largest absolute Gasteiger partial charge is 0.383 e. The summed E-state index contributed by atoms with van der Waals surface area (Å²) in [5.74, 6) is -0.392. The summed E-state index contributed by atoms with van der Waals surface area (Å²) in [6.45, 7) is 2.56. The first kappa shape index (κ1) is 24.6. The molecule has 0 aliphatic rings. The quantitative estimate of drug-likeness (QED) is 0.455. The van der Waals surface area contributed by atoms with Crippen LogP contribution in [0.2, 0.25) is 0 Å². The fraction of sp³-hybridized carbons (Fsp3) is 0.478. The standard InChI is InChI=1S/C23H33N3O5/c1-29-14-12-25(22(27)18-26(13-15-30-2)23(28)19-31-3)17-21-10-7-11-24(21)16-20-8-5-4-6-9-20/h4-11H,12-19H2,1-3H3. The van der Waals surface area contributed by atoms with E-state index in [4.69, 9.17) is 14.2 Å². The van der Waals surface area contributed by atoms with Crippen LogP contribution in [0.15, 0.2) is 48.7 Å². The highest BCUT2D eigenvalue weighted by atomic mass is 16.5. The average Bonchev–Trinajstić information content (AvgIpc) is 3.21. The zero-order chi connectivity index (χ0) is 22.5. The van der Waals surface area contributed by atoms with Crippen LogP contribution in [0.3, 0.4) is 0 Å². The summed E-state index contributed by atoms with van der Waals surface area (Å²) in [4.78, 5) is 28.6. The minimum absolute atomic E-state index is 0.0331. The maximum absolute atomic E-state index is 13.1. The summed E-state index contributed by atoms with van der Waals surface area (Å²) in [5, 5.41) is 0. The first-order valence-corrected chi connectivity index (χ1v) is 10.3. The van der Waals surface area contributed by atoms with Crippen LogP contribution in [0.1, 0.15) is 11.3 Å². The molecule has 0 unspecified atom stereocenters. The predicted molar refractivity (Wildman–Crippen MR) is 118 cm³/mol. The predicted octanol–water partition coefficient (Wildman–Crippen LogP) is 1.63. The lowest BCUT2D eigenvalue weighted by molar-refractivity contribution is -0.143. The van der Waals surface area contributed by atoms with Crippen LogP contribution in [0.5, 0.6) is 0 Å². The molecule has 1 heterocycles. The molecule has 8 heteroatoms. The Morgan fingerprint density at radius 1 is 0.839 bits per heavy atom. The molecule has 31 heavy (non-hydrogen) atoms. The molecule has 0 saturated heterocycles. The number of amides is 2. The molecule has 0 bridgehead atoms. The van der Waals surface area contributed by atoms with Gasteiger partial charge in [-0.05, 0) is 17.7 Å². The Balaban J connectivity index is 2.11. The van der Waals surface area contributed by atoms with Crippen molar-refractivity contribution < 1.29 is 23.8 Å². The van der Waals surface area contributed by atoms with Crippen LogP contribution in [0.25, 0.3) is 0 Å². The molecule has 0 fully saturated rings. The lowest BCUT2D eigenvalue weighted by Crippen LogP contribution is -2.46. The second-order valence-corrected chi connectivity index (χ2v) is 7.16. The molecule has 0 aliphatic heterocycles. The number of ether oxygens (including phenoxy) is 3. The molecule has 1 aromatic carbocycles.